The molecule has 0 bridgehead atoms. The number of likely N-dealkylation sites (tertiary alicyclic amines) is 1. The van der Waals surface area contributed by atoms with Crippen LogP contribution in [0.15, 0.2) is 53.5 Å². The number of guanidine groups is 1. The first-order valence-corrected chi connectivity index (χ1v) is 8.73. The second-order valence-electron chi connectivity index (χ2n) is 6.30. The van der Waals surface area contributed by atoms with Crippen molar-refractivity contribution >= 4 is 29.9 Å². The maximum atomic E-state index is 13.5. The Morgan fingerprint density at radius 2 is 2.04 bits per heavy atom. The smallest absolute Gasteiger partial charge is 0.194 e. The normalized spacial score (nSPS) is 17.1. The topological polar surface area (TPSA) is 47.9 Å². The fraction of sp³-hybridized carbons (Fsp3) is 0.350. The van der Waals surface area contributed by atoms with Gasteiger partial charge in [-0.1, -0.05) is 36.4 Å². The first kappa shape index (κ1) is 20.5. The van der Waals surface area contributed by atoms with Gasteiger partial charge < -0.3 is 15.3 Å². The number of phenols is 1. The fourth-order valence-corrected chi connectivity index (χ4v) is 3.19. The molecule has 2 aromatic rings. The van der Waals surface area contributed by atoms with E-state index in [1.165, 1.54) is 17.7 Å². The molecule has 0 aliphatic carbocycles. The summed E-state index contributed by atoms with van der Waals surface area (Å²) in [5, 5.41) is 12.6. The molecule has 0 aromatic heterocycles. The van der Waals surface area contributed by atoms with Crippen molar-refractivity contribution in [2.45, 2.75) is 25.8 Å². The molecule has 140 valence electrons. The minimum Gasteiger partial charge on any atom is -0.505 e. The number of nitrogens with zero attached hydrogens (tertiary/aromatic N) is 2. The van der Waals surface area contributed by atoms with Crippen molar-refractivity contribution in [1.29, 1.82) is 0 Å². The summed E-state index contributed by atoms with van der Waals surface area (Å²) in [6.45, 7) is 5.09. The molecule has 2 aromatic carbocycles. The summed E-state index contributed by atoms with van der Waals surface area (Å²) in [6.07, 6.45) is 1.10. The third-order valence-electron chi connectivity index (χ3n) is 4.52. The second-order valence-corrected chi connectivity index (χ2v) is 6.30. The predicted octanol–water partition coefficient (Wildman–Crippen LogP) is 4.10. The van der Waals surface area contributed by atoms with E-state index >= 15 is 0 Å². The zero-order valence-electron chi connectivity index (χ0n) is 14.9. The van der Waals surface area contributed by atoms with Crippen LogP contribution in [0.4, 0.5) is 4.39 Å². The molecule has 2 N–H and O–H groups in total. The predicted molar refractivity (Wildman–Crippen MR) is 114 cm³/mol. The van der Waals surface area contributed by atoms with Crippen molar-refractivity contribution in [3.63, 3.8) is 0 Å². The van der Waals surface area contributed by atoms with E-state index in [4.69, 9.17) is 0 Å². The Hall–Kier alpha value is -1.83. The third-order valence-corrected chi connectivity index (χ3v) is 4.52. The Bertz CT molecular complexity index is 739. The average Bonchev–Trinajstić information content (AvgIpc) is 3.12. The van der Waals surface area contributed by atoms with Crippen LogP contribution in [0.3, 0.4) is 0 Å². The largest absolute Gasteiger partial charge is 0.505 e. The van der Waals surface area contributed by atoms with E-state index in [2.05, 4.69) is 39.5 Å². The Labute approximate surface area is 171 Å². The first-order valence-electron chi connectivity index (χ1n) is 8.73. The number of hydrogen-bond acceptors (Lipinski definition) is 2. The number of benzene rings is 2. The molecule has 0 amide bonds. The highest BCUT2D eigenvalue weighted by atomic mass is 127. The molecule has 1 unspecified atom stereocenters. The van der Waals surface area contributed by atoms with Gasteiger partial charge in [-0.2, -0.15) is 0 Å². The fourth-order valence-electron chi connectivity index (χ4n) is 3.19. The summed E-state index contributed by atoms with van der Waals surface area (Å²) in [5.74, 6) is 0.429. The van der Waals surface area contributed by atoms with E-state index in [1.807, 2.05) is 13.0 Å². The molecule has 1 fully saturated rings. The van der Waals surface area contributed by atoms with Gasteiger partial charge in [0.15, 0.2) is 17.5 Å². The molecule has 3 rings (SSSR count). The summed E-state index contributed by atoms with van der Waals surface area (Å²) in [7, 11) is 0. The van der Waals surface area contributed by atoms with Gasteiger partial charge in [-0.3, -0.25) is 0 Å². The molecule has 0 radical (unpaired) electrons. The highest BCUT2D eigenvalue weighted by Gasteiger charge is 2.25. The quantitative estimate of drug-likeness (QED) is 0.403. The standard InChI is InChI=1S/C20H24FN3O.HI/c1-2-22-20(23-13-15-8-9-19(25)18(21)12-15)24-11-10-17(14-24)16-6-4-3-5-7-16;/h3-9,12,17,25H,2,10-11,13-14H2,1H3,(H,22,23);1H. The van der Waals surface area contributed by atoms with Crippen LogP contribution in [-0.2, 0) is 6.54 Å². The van der Waals surface area contributed by atoms with Gasteiger partial charge in [0.25, 0.3) is 0 Å². The number of nitrogens with one attached hydrogen (secondary N) is 1. The third kappa shape index (κ3) is 5.09. The van der Waals surface area contributed by atoms with Gasteiger partial charge in [0.2, 0.25) is 0 Å². The number of phenolic OH excluding ortho intramolecular Hbond substituents is 1. The van der Waals surface area contributed by atoms with E-state index in [1.54, 1.807) is 6.07 Å². The molecule has 1 saturated heterocycles. The Morgan fingerprint density at radius 1 is 1.27 bits per heavy atom. The van der Waals surface area contributed by atoms with Crippen LogP contribution in [-0.4, -0.2) is 35.6 Å². The molecular formula is C20H25FIN3O. The average molecular weight is 469 g/mol. The second kappa shape index (κ2) is 9.75. The first-order chi connectivity index (χ1) is 12.2. The molecule has 0 saturated carbocycles. The summed E-state index contributed by atoms with van der Waals surface area (Å²) >= 11 is 0. The van der Waals surface area contributed by atoms with E-state index in [0.29, 0.717) is 12.5 Å². The van der Waals surface area contributed by atoms with Crippen LogP contribution in [0.25, 0.3) is 0 Å². The van der Waals surface area contributed by atoms with Crippen LogP contribution in [0, 0.1) is 5.82 Å². The molecule has 1 heterocycles. The molecule has 4 nitrogen and oxygen atoms in total. The van der Waals surface area contributed by atoms with Gasteiger partial charge in [0, 0.05) is 25.6 Å². The zero-order valence-corrected chi connectivity index (χ0v) is 17.2. The van der Waals surface area contributed by atoms with Crippen molar-refractivity contribution in [2.24, 2.45) is 4.99 Å². The molecule has 1 atom stereocenters. The zero-order chi connectivity index (χ0) is 17.6. The van der Waals surface area contributed by atoms with Gasteiger partial charge in [0.1, 0.15) is 0 Å². The van der Waals surface area contributed by atoms with Gasteiger partial charge in [-0.25, -0.2) is 9.38 Å². The van der Waals surface area contributed by atoms with Crippen LogP contribution >= 0.6 is 24.0 Å². The van der Waals surface area contributed by atoms with Crippen molar-refractivity contribution in [2.75, 3.05) is 19.6 Å². The van der Waals surface area contributed by atoms with Crippen molar-refractivity contribution in [3.8, 4) is 5.75 Å². The Morgan fingerprint density at radius 3 is 2.73 bits per heavy atom. The summed E-state index contributed by atoms with van der Waals surface area (Å²) in [5.41, 5.74) is 2.10. The maximum Gasteiger partial charge on any atom is 0.194 e. The Kier molecular flexibility index (Phi) is 7.68. The van der Waals surface area contributed by atoms with Crippen molar-refractivity contribution < 1.29 is 9.50 Å². The van der Waals surface area contributed by atoms with Crippen LogP contribution < -0.4 is 5.32 Å². The number of rotatable bonds is 4. The van der Waals surface area contributed by atoms with E-state index in [-0.39, 0.29) is 29.7 Å². The van der Waals surface area contributed by atoms with Crippen LogP contribution in [0.5, 0.6) is 5.75 Å². The lowest BCUT2D eigenvalue weighted by molar-refractivity contribution is 0.432. The lowest BCUT2D eigenvalue weighted by Gasteiger charge is -2.22. The van der Waals surface area contributed by atoms with Gasteiger partial charge in [-0.05, 0) is 36.6 Å². The van der Waals surface area contributed by atoms with Crippen molar-refractivity contribution in [1.82, 2.24) is 10.2 Å². The SMILES string of the molecule is CCNC(=NCc1ccc(O)c(F)c1)N1CCC(c2ccccc2)C1.I. The van der Waals surface area contributed by atoms with Crippen molar-refractivity contribution in [3.05, 3.63) is 65.5 Å². The number of aromatic hydroxyl groups is 1. The summed E-state index contributed by atoms with van der Waals surface area (Å²) in [4.78, 5) is 6.91. The summed E-state index contributed by atoms with van der Waals surface area (Å²) < 4.78 is 13.5. The lowest BCUT2D eigenvalue weighted by atomic mass is 9.99. The maximum absolute atomic E-state index is 13.5. The highest BCUT2D eigenvalue weighted by molar-refractivity contribution is 14.0. The van der Waals surface area contributed by atoms with Crippen LogP contribution in [0.1, 0.15) is 30.4 Å². The number of hydrogen-bond donors (Lipinski definition) is 2. The minimum absolute atomic E-state index is 0. The number of halogens is 2. The lowest BCUT2D eigenvalue weighted by Crippen LogP contribution is -2.40. The monoisotopic (exact) mass is 469 g/mol. The minimum atomic E-state index is -0.608. The number of aliphatic imine (C=N–C) groups is 1. The summed E-state index contributed by atoms with van der Waals surface area (Å²) in [6, 6.07) is 15.0. The van der Waals surface area contributed by atoms with Gasteiger partial charge in [0.05, 0.1) is 6.54 Å². The highest BCUT2D eigenvalue weighted by Crippen LogP contribution is 2.27. The van der Waals surface area contributed by atoms with E-state index < -0.39 is 5.82 Å². The molecule has 1 aliphatic rings. The van der Waals surface area contributed by atoms with E-state index in [0.717, 1.165) is 37.6 Å². The molecule has 0 spiro atoms. The van der Waals surface area contributed by atoms with Gasteiger partial charge in [-0.15, -0.1) is 24.0 Å². The van der Waals surface area contributed by atoms with E-state index in [9.17, 15) is 9.50 Å². The van der Waals surface area contributed by atoms with Crippen LogP contribution in [0.2, 0.25) is 0 Å². The Balaban J connectivity index is 0.00000243. The molecule has 26 heavy (non-hydrogen) atoms. The molecule has 6 heteroatoms. The molecular weight excluding hydrogens is 444 g/mol. The molecule has 1 aliphatic heterocycles. The van der Waals surface area contributed by atoms with Gasteiger partial charge >= 0.3 is 0 Å².